The lowest BCUT2D eigenvalue weighted by atomic mass is 10.1. The molecule has 0 aliphatic carbocycles. The third-order valence-corrected chi connectivity index (χ3v) is 4.18. The zero-order chi connectivity index (χ0) is 16.3. The molecule has 4 heterocycles. The predicted molar refractivity (Wildman–Crippen MR) is 85.4 cm³/mol. The van der Waals surface area contributed by atoms with Crippen molar-refractivity contribution in [3.8, 4) is 0 Å². The van der Waals surface area contributed by atoms with Gasteiger partial charge in [0.05, 0.1) is 23.7 Å². The van der Waals surface area contributed by atoms with Crippen LogP contribution in [0.3, 0.4) is 0 Å². The Hall–Kier alpha value is -3.54. The first-order valence-corrected chi connectivity index (χ1v) is 7.35. The van der Waals surface area contributed by atoms with E-state index in [1.807, 2.05) is 0 Å². The summed E-state index contributed by atoms with van der Waals surface area (Å²) in [6, 6.07) is 10.5. The van der Waals surface area contributed by atoms with E-state index < -0.39 is 0 Å². The maximum atomic E-state index is 12.3. The number of hydrogen-bond acceptors (Lipinski definition) is 4. The standard InChI is InChI=1S/C18H10N2O4/c21-17-15(13-3-1-5-23-13)9-7-12-10(8-11(9)19-17)16(18(22)20-12)14-4-2-6-24-14/h1-8H,(H,19,21)(H,20,22). The fraction of sp³-hybridized carbons (Fsp3) is 0. The van der Waals surface area contributed by atoms with E-state index in [9.17, 15) is 9.59 Å². The minimum atomic E-state index is -0.227. The van der Waals surface area contributed by atoms with Crippen molar-refractivity contribution in [2.24, 2.45) is 0 Å². The van der Waals surface area contributed by atoms with Crippen molar-refractivity contribution in [3.63, 3.8) is 0 Å². The molecule has 0 radical (unpaired) electrons. The quantitative estimate of drug-likeness (QED) is 0.743. The van der Waals surface area contributed by atoms with Gasteiger partial charge in [-0.1, -0.05) is 0 Å². The van der Waals surface area contributed by atoms with Crippen LogP contribution < -0.4 is 21.1 Å². The molecule has 116 valence electrons. The molecule has 3 aromatic rings. The van der Waals surface area contributed by atoms with E-state index in [4.69, 9.17) is 8.83 Å². The van der Waals surface area contributed by atoms with Gasteiger partial charge in [-0.3, -0.25) is 9.59 Å². The summed E-state index contributed by atoms with van der Waals surface area (Å²) in [7, 11) is 0. The summed E-state index contributed by atoms with van der Waals surface area (Å²) >= 11 is 0. The fourth-order valence-corrected chi connectivity index (χ4v) is 3.17. The highest BCUT2D eigenvalue weighted by Crippen LogP contribution is 2.24. The van der Waals surface area contributed by atoms with Crippen molar-refractivity contribution < 1.29 is 18.4 Å². The number of furan rings is 2. The SMILES string of the molecule is O=C1Nc2cc3c(cc2=C1c1ccco1)NC(=O)C=3c1ccco1. The second-order valence-corrected chi connectivity index (χ2v) is 5.56. The van der Waals surface area contributed by atoms with E-state index in [0.29, 0.717) is 44.5 Å². The van der Waals surface area contributed by atoms with Crippen LogP contribution in [0.2, 0.25) is 0 Å². The summed E-state index contributed by atoms with van der Waals surface area (Å²) in [5, 5.41) is 7.06. The molecule has 2 amide bonds. The average molecular weight is 318 g/mol. The molecule has 24 heavy (non-hydrogen) atoms. The smallest absolute Gasteiger partial charge is 0.260 e. The van der Waals surface area contributed by atoms with E-state index in [1.54, 1.807) is 36.4 Å². The zero-order valence-corrected chi connectivity index (χ0v) is 12.3. The van der Waals surface area contributed by atoms with E-state index in [-0.39, 0.29) is 11.8 Å². The number of nitrogens with one attached hydrogen (secondary N) is 2. The van der Waals surface area contributed by atoms with Crippen LogP contribution in [0, 0.1) is 0 Å². The summed E-state index contributed by atoms with van der Waals surface area (Å²) in [6.45, 7) is 0. The number of benzene rings is 1. The Balaban J connectivity index is 1.84. The monoisotopic (exact) mass is 318 g/mol. The Bertz CT molecular complexity index is 1030. The van der Waals surface area contributed by atoms with Gasteiger partial charge in [0.1, 0.15) is 11.5 Å². The Morgan fingerprint density at radius 3 is 1.54 bits per heavy atom. The van der Waals surface area contributed by atoms with Crippen LogP contribution in [0.5, 0.6) is 0 Å². The van der Waals surface area contributed by atoms with Gasteiger partial charge in [-0.05, 0) is 36.4 Å². The van der Waals surface area contributed by atoms with Crippen molar-refractivity contribution in [1.82, 2.24) is 0 Å². The number of fused-ring (bicyclic) bond motifs is 2. The van der Waals surface area contributed by atoms with Gasteiger partial charge in [-0.2, -0.15) is 0 Å². The average Bonchev–Trinajstić information content (AvgIpc) is 3.29. The maximum Gasteiger partial charge on any atom is 0.260 e. The van der Waals surface area contributed by atoms with E-state index in [1.165, 1.54) is 12.5 Å². The number of anilines is 2. The van der Waals surface area contributed by atoms with Crippen LogP contribution in [0.4, 0.5) is 11.4 Å². The summed E-state index contributed by atoms with van der Waals surface area (Å²) in [6.07, 6.45) is 3.04. The van der Waals surface area contributed by atoms with Crippen LogP contribution in [-0.2, 0) is 9.59 Å². The van der Waals surface area contributed by atoms with Crippen molar-refractivity contribution in [1.29, 1.82) is 0 Å². The Labute approximate surface area is 135 Å². The first kappa shape index (κ1) is 13.0. The normalized spacial score (nSPS) is 15.3. The highest BCUT2D eigenvalue weighted by molar-refractivity contribution is 6.30. The first-order valence-electron chi connectivity index (χ1n) is 7.35. The van der Waals surface area contributed by atoms with Crippen molar-refractivity contribution >= 4 is 34.3 Å². The number of hydrogen-bond donors (Lipinski definition) is 2. The predicted octanol–water partition coefficient (Wildman–Crippen LogP) is 1.17. The van der Waals surface area contributed by atoms with Gasteiger partial charge in [-0.15, -0.1) is 0 Å². The second kappa shape index (κ2) is 4.48. The molecule has 5 rings (SSSR count). The summed E-state index contributed by atoms with van der Waals surface area (Å²) in [5.41, 5.74) is 2.20. The van der Waals surface area contributed by atoms with Crippen LogP contribution in [0.1, 0.15) is 11.5 Å². The maximum absolute atomic E-state index is 12.3. The lowest BCUT2D eigenvalue weighted by molar-refractivity contribution is -0.111. The molecule has 6 heteroatoms. The number of rotatable bonds is 2. The molecule has 0 saturated heterocycles. The molecule has 2 aliphatic heterocycles. The fourth-order valence-electron chi connectivity index (χ4n) is 3.17. The minimum absolute atomic E-state index is 0.227. The summed E-state index contributed by atoms with van der Waals surface area (Å²) in [4.78, 5) is 24.6. The largest absolute Gasteiger partial charge is 0.464 e. The molecule has 0 saturated carbocycles. The van der Waals surface area contributed by atoms with Gasteiger partial charge in [-0.25, -0.2) is 0 Å². The number of carbonyl (C=O) groups is 2. The highest BCUT2D eigenvalue weighted by Gasteiger charge is 2.29. The Kier molecular flexibility index (Phi) is 2.42. The summed E-state index contributed by atoms with van der Waals surface area (Å²) in [5.74, 6) is 0.528. The van der Waals surface area contributed by atoms with E-state index >= 15 is 0 Å². The third-order valence-electron chi connectivity index (χ3n) is 4.18. The molecule has 2 N–H and O–H groups in total. The molecule has 0 spiro atoms. The number of amides is 2. The lowest BCUT2D eigenvalue weighted by Gasteiger charge is -1.98. The molecule has 0 fully saturated rings. The molecular formula is C18H10N2O4. The van der Waals surface area contributed by atoms with Crippen molar-refractivity contribution in [2.75, 3.05) is 10.6 Å². The van der Waals surface area contributed by atoms with E-state index in [2.05, 4.69) is 10.6 Å². The van der Waals surface area contributed by atoms with Gasteiger partial charge < -0.3 is 19.5 Å². The van der Waals surface area contributed by atoms with Crippen LogP contribution in [-0.4, -0.2) is 11.8 Å². The molecule has 2 aromatic heterocycles. The van der Waals surface area contributed by atoms with Gasteiger partial charge in [0, 0.05) is 21.8 Å². The van der Waals surface area contributed by atoms with Gasteiger partial charge in [0.2, 0.25) is 0 Å². The molecule has 1 aromatic carbocycles. The van der Waals surface area contributed by atoms with Crippen molar-refractivity contribution in [3.05, 3.63) is 70.9 Å². The molecule has 6 nitrogen and oxygen atoms in total. The summed E-state index contributed by atoms with van der Waals surface area (Å²) < 4.78 is 10.7. The first-order chi connectivity index (χ1) is 11.7. The third kappa shape index (κ3) is 1.65. The van der Waals surface area contributed by atoms with Crippen LogP contribution in [0.25, 0.3) is 11.1 Å². The molecule has 0 unspecified atom stereocenters. The van der Waals surface area contributed by atoms with E-state index in [0.717, 1.165) is 0 Å². The molecule has 0 atom stereocenters. The molecular weight excluding hydrogens is 308 g/mol. The van der Waals surface area contributed by atoms with Crippen LogP contribution in [0.15, 0.2) is 57.8 Å². The zero-order valence-electron chi connectivity index (χ0n) is 12.3. The van der Waals surface area contributed by atoms with Gasteiger partial charge >= 0.3 is 0 Å². The lowest BCUT2D eigenvalue weighted by Crippen LogP contribution is -2.13. The Morgan fingerprint density at radius 2 is 1.17 bits per heavy atom. The van der Waals surface area contributed by atoms with Crippen LogP contribution >= 0.6 is 0 Å². The van der Waals surface area contributed by atoms with Crippen molar-refractivity contribution in [2.45, 2.75) is 0 Å². The highest BCUT2D eigenvalue weighted by atomic mass is 16.3. The second-order valence-electron chi connectivity index (χ2n) is 5.56. The topological polar surface area (TPSA) is 84.5 Å². The molecule has 2 aliphatic rings. The van der Waals surface area contributed by atoms with Gasteiger partial charge in [0.25, 0.3) is 11.8 Å². The van der Waals surface area contributed by atoms with Gasteiger partial charge in [0.15, 0.2) is 0 Å². The molecule has 0 bridgehead atoms. The minimum Gasteiger partial charge on any atom is -0.464 e. The number of carbonyl (C=O) groups excluding carboxylic acids is 2. The Morgan fingerprint density at radius 1 is 0.708 bits per heavy atom.